The maximum Gasteiger partial charge on any atom is 0.244 e. The fourth-order valence-corrected chi connectivity index (χ4v) is 4.35. The molecule has 6 nitrogen and oxygen atoms in total. The number of carbonyl (C=O) groups is 1. The summed E-state index contributed by atoms with van der Waals surface area (Å²) in [5.41, 5.74) is 3.07. The van der Waals surface area contributed by atoms with Crippen LogP contribution >= 0.6 is 15.9 Å². The van der Waals surface area contributed by atoms with Gasteiger partial charge < -0.3 is 14.5 Å². The third-order valence-corrected chi connectivity index (χ3v) is 6.61. The summed E-state index contributed by atoms with van der Waals surface area (Å²) in [5, 5.41) is 6.49. The minimum atomic E-state index is -0.0930. The zero-order chi connectivity index (χ0) is 21.8. The summed E-state index contributed by atoms with van der Waals surface area (Å²) in [6.45, 7) is 4.91. The molecule has 31 heavy (non-hydrogen) atoms. The molecule has 1 amide bonds. The number of piperazine rings is 1. The van der Waals surface area contributed by atoms with E-state index < -0.39 is 0 Å². The number of hydrazone groups is 1. The molecule has 2 aromatic carbocycles. The van der Waals surface area contributed by atoms with Crippen LogP contribution in [0.2, 0.25) is 0 Å². The maximum atomic E-state index is 13.2. The number of amides is 1. The van der Waals surface area contributed by atoms with Crippen molar-refractivity contribution in [3.05, 3.63) is 64.1 Å². The molecule has 1 saturated heterocycles. The third-order valence-electron chi connectivity index (χ3n) is 6.08. The summed E-state index contributed by atoms with van der Waals surface area (Å²) in [6, 6.07) is 16.0. The van der Waals surface area contributed by atoms with E-state index in [2.05, 4.69) is 32.8 Å². The standard InChI is InChI=1S/C24H29BrN4O2/c1-27-13-15-28(16-14-27)12-11-24(30)29-23(19-5-9-21(31-2)10-6-19)17-22(26-29)18-3-7-20(25)8-4-18/h3-10,23H,11-17H2,1-2H3/t23-/m1/s1. The van der Waals surface area contributed by atoms with Crippen LogP contribution in [0.25, 0.3) is 0 Å². The van der Waals surface area contributed by atoms with Gasteiger partial charge in [0.15, 0.2) is 0 Å². The van der Waals surface area contributed by atoms with Crippen LogP contribution < -0.4 is 4.74 Å². The Bertz CT molecular complexity index is 922. The predicted octanol–water partition coefficient (Wildman–Crippen LogP) is 3.77. The summed E-state index contributed by atoms with van der Waals surface area (Å²) in [5.74, 6) is 0.885. The minimum Gasteiger partial charge on any atom is -0.497 e. The van der Waals surface area contributed by atoms with Crippen LogP contribution in [0.1, 0.15) is 30.0 Å². The minimum absolute atomic E-state index is 0.0758. The fourth-order valence-electron chi connectivity index (χ4n) is 4.08. The predicted molar refractivity (Wildman–Crippen MR) is 126 cm³/mol. The Morgan fingerprint density at radius 1 is 1.06 bits per heavy atom. The Labute approximate surface area is 192 Å². The van der Waals surface area contributed by atoms with Gasteiger partial charge in [0, 0.05) is 50.0 Å². The molecule has 0 saturated carbocycles. The summed E-state index contributed by atoms with van der Waals surface area (Å²) in [7, 11) is 3.80. The van der Waals surface area contributed by atoms with E-state index in [0.717, 1.165) is 59.8 Å². The lowest BCUT2D eigenvalue weighted by Crippen LogP contribution is -2.45. The molecule has 0 spiro atoms. The molecule has 1 atom stereocenters. The van der Waals surface area contributed by atoms with Gasteiger partial charge in [-0.2, -0.15) is 5.10 Å². The van der Waals surface area contributed by atoms with Crippen molar-refractivity contribution in [2.45, 2.75) is 18.9 Å². The van der Waals surface area contributed by atoms with E-state index in [-0.39, 0.29) is 11.9 Å². The van der Waals surface area contributed by atoms with Crippen LogP contribution in [0.3, 0.4) is 0 Å². The second-order valence-corrected chi connectivity index (χ2v) is 9.10. The molecule has 0 bridgehead atoms. The number of hydrogen-bond acceptors (Lipinski definition) is 5. The molecule has 2 aliphatic rings. The normalized spacial score (nSPS) is 20.0. The molecule has 4 rings (SSSR count). The summed E-state index contributed by atoms with van der Waals surface area (Å²) in [6.07, 6.45) is 1.18. The van der Waals surface area contributed by atoms with Crippen molar-refractivity contribution in [3.8, 4) is 5.75 Å². The molecule has 0 aromatic heterocycles. The van der Waals surface area contributed by atoms with Gasteiger partial charge in [0.05, 0.1) is 18.9 Å². The first kappa shape index (κ1) is 22.0. The van der Waals surface area contributed by atoms with Gasteiger partial charge in [-0.3, -0.25) is 4.79 Å². The molecule has 2 aliphatic heterocycles. The van der Waals surface area contributed by atoms with Gasteiger partial charge in [0.2, 0.25) is 5.91 Å². The van der Waals surface area contributed by atoms with Crippen molar-refractivity contribution in [2.24, 2.45) is 5.10 Å². The van der Waals surface area contributed by atoms with E-state index in [0.29, 0.717) is 12.8 Å². The van der Waals surface area contributed by atoms with E-state index in [1.165, 1.54) is 0 Å². The van der Waals surface area contributed by atoms with Gasteiger partial charge in [-0.25, -0.2) is 5.01 Å². The lowest BCUT2D eigenvalue weighted by Gasteiger charge is -2.32. The molecular formula is C24H29BrN4O2. The van der Waals surface area contributed by atoms with E-state index in [4.69, 9.17) is 9.84 Å². The molecule has 0 N–H and O–H groups in total. The largest absolute Gasteiger partial charge is 0.497 e. The van der Waals surface area contributed by atoms with Crippen molar-refractivity contribution < 1.29 is 9.53 Å². The Morgan fingerprint density at radius 3 is 2.39 bits per heavy atom. The molecule has 2 aromatic rings. The Morgan fingerprint density at radius 2 is 1.74 bits per heavy atom. The number of methoxy groups -OCH3 is 1. The average molecular weight is 485 g/mol. The van der Waals surface area contributed by atoms with Gasteiger partial charge in [0.1, 0.15) is 5.75 Å². The number of halogens is 1. The van der Waals surface area contributed by atoms with Gasteiger partial charge in [0.25, 0.3) is 0 Å². The Kier molecular flexibility index (Phi) is 7.05. The van der Waals surface area contributed by atoms with E-state index in [1.54, 1.807) is 12.1 Å². The van der Waals surface area contributed by atoms with Crippen LogP contribution in [-0.4, -0.2) is 73.3 Å². The number of nitrogens with zero attached hydrogens (tertiary/aromatic N) is 4. The van der Waals surface area contributed by atoms with Crippen LogP contribution in [-0.2, 0) is 4.79 Å². The summed E-state index contributed by atoms with van der Waals surface area (Å²) in [4.78, 5) is 17.9. The van der Waals surface area contributed by atoms with Crippen molar-refractivity contribution in [1.82, 2.24) is 14.8 Å². The van der Waals surface area contributed by atoms with Gasteiger partial charge in [-0.15, -0.1) is 0 Å². The summed E-state index contributed by atoms with van der Waals surface area (Å²) >= 11 is 3.49. The molecule has 164 valence electrons. The third kappa shape index (κ3) is 5.34. The average Bonchev–Trinajstić information content (AvgIpc) is 3.24. The molecule has 1 fully saturated rings. The van der Waals surface area contributed by atoms with E-state index in [1.807, 2.05) is 48.5 Å². The Hall–Kier alpha value is -2.22. The van der Waals surface area contributed by atoms with Gasteiger partial charge >= 0.3 is 0 Å². The molecule has 0 aliphatic carbocycles. The van der Waals surface area contributed by atoms with Gasteiger partial charge in [-0.05, 0) is 42.4 Å². The molecule has 0 radical (unpaired) electrons. The second kappa shape index (κ2) is 9.94. The first-order valence-corrected chi connectivity index (χ1v) is 11.5. The molecule has 0 unspecified atom stereocenters. The number of benzene rings is 2. The number of hydrogen-bond donors (Lipinski definition) is 0. The van der Waals surface area contributed by atoms with E-state index >= 15 is 0 Å². The van der Waals surface area contributed by atoms with Crippen LogP contribution in [0.4, 0.5) is 0 Å². The highest BCUT2D eigenvalue weighted by Crippen LogP contribution is 2.34. The topological polar surface area (TPSA) is 48.4 Å². The lowest BCUT2D eigenvalue weighted by atomic mass is 9.98. The molecular weight excluding hydrogens is 456 g/mol. The Balaban J connectivity index is 1.51. The SMILES string of the molecule is COc1ccc([C@H]2CC(c3ccc(Br)cc3)=NN2C(=O)CCN2CCN(C)CC2)cc1. The number of likely N-dealkylation sites (N-methyl/N-ethyl adjacent to an activating group) is 1. The smallest absolute Gasteiger partial charge is 0.244 e. The van der Waals surface area contributed by atoms with Crippen LogP contribution in [0.5, 0.6) is 5.75 Å². The zero-order valence-corrected chi connectivity index (χ0v) is 19.7. The van der Waals surface area contributed by atoms with Crippen molar-refractivity contribution in [1.29, 1.82) is 0 Å². The lowest BCUT2D eigenvalue weighted by molar-refractivity contribution is -0.133. The number of carbonyl (C=O) groups excluding carboxylic acids is 1. The second-order valence-electron chi connectivity index (χ2n) is 8.18. The molecule has 2 heterocycles. The fraction of sp³-hybridized carbons (Fsp3) is 0.417. The highest BCUT2D eigenvalue weighted by molar-refractivity contribution is 9.10. The molecule has 7 heteroatoms. The van der Waals surface area contributed by atoms with Gasteiger partial charge in [-0.1, -0.05) is 40.2 Å². The maximum absolute atomic E-state index is 13.2. The van der Waals surface area contributed by atoms with E-state index in [9.17, 15) is 4.79 Å². The van der Waals surface area contributed by atoms with Crippen molar-refractivity contribution in [2.75, 3.05) is 46.9 Å². The monoisotopic (exact) mass is 484 g/mol. The van der Waals surface area contributed by atoms with Crippen molar-refractivity contribution in [3.63, 3.8) is 0 Å². The highest BCUT2D eigenvalue weighted by Gasteiger charge is 2.33. The first-order valence-electron chi connectivity index (χ1n) is 10.7. The highest BCUT2D eigenvalue weighted by atomic mass is 79.9. The number of ether oxygens (including phenoxy) is 1. The zero-order valence-electron chi connectivity index (χ0n) is 18.1. The van der Waals surface area contributed by atoms with Crippen molar-refractivity contribution >= 4 is 27.5 Å². The summed E-state index contributed by atoms with van der Waals surface area (Å²) < 4.78 is 6.33. The van der Waals surface area contributed by atoms with Crippen LogP contribution in [0.15, 0.2) is 58.1 Å². The quantitative estimate of drug-likeness (QED) is 0.625. The first-order chi connectivity index (χ1) is 15.0. The number of rotatable bonds is 6. The van der Waals surface area contributed by atoms with Crippen LogP contribution in [0, 0.1) is 0 Å².